The fraction of sp³-hybridized carbons (Fsp3) is 0.455. The van der Waals surface area contributed by atoms with Gasteiger partial charge in [-0.1, -0.05) is 0 Å². The molecule has 1 aromatic carbocycles. The first kappa shape index (κ1) is 14.9. The van der Waals surface area contributed by atoms with Crippen LogP contribution in [0.4, 0.5) is 5.69 Å². The van der Waals surface area contributed by atoms with E-state index in [0.29, 0.717) is 16.8 Å². The number of nitrogen functional groups attached to an aromatic ring is 1. The van der Waals surface area contributed by atoms with Crippen LogP contribution in [0.3, 0.4) is 0 Å². The first-order valence-electron chi connectivity index (χ1n) is 5.42. The van der Waals surface area contributed by atoms with E-state index in [1.165, 1.54) is 0 Å². The zero-order valence-electron chi connectivity index (χ0n) is 10.3. The highest BCUT2D eigenvalue weighted by Gasteiger charge is 2.23. The smallest absolute Gasteiger partial charge is 0.241 e. The topological polar surface area (TPSA) is 113 Å². The van der Waals surface area contributed by atoms with E-state index >= 15 is 0 Å². The minimum absolute atomic E-state index is 0.128. The highest BCUT2D eigenvalue weighted by molar-refractivity contribution is 7.89. The van der Waals surface area contributed by atoms with Crippen molar-refractivity contribution < 1.29 is 18.6 Å². The lowest BCUT2D eigenvalue weighted by molar-refractivity contribution is 0.185. The van der Waals surface area contributed by atoms with Crippen molar-refractivity contribution in [1.82, 2.24) is 4.72 Å². The highest BCUT2D eigenvalue weighted by atomic mass is 32.2. The minimum atomic E-state index is -3.79. The zero-order valence-corrected chi connectivity index (χ0v) is 11.2. The van der Waals surface area contributed by atoms with E-state index < -0.39 is 29.3 Å². The molecule has 0 spiro atoms. The molecule has 6 nitrogen and oxygen atoms in total. The predicted molar refractivity (Wildman–Crippen MR) is 68.6 cm³/mol. The van der Waals surface area contributed by atoms with Crippen LogP contribution in [-0.2, 0) is 10.0 Å². The van der Waals surface area contributed by atoms with Crippen molar-refractivity contribution in [2.75, 3.05) is 18.9 Å². The van der Waals surface area contributed by atoms with Gasteiger partial charge in [0.2, 0.25) is 10.0 Å². The second-order valence-corrected chi connectivity index (χ2v) is 5.82. The number of nitrogens with one attached hydrogen (secondary N) is 1. The van der Waals surface area contributed by atoms with Crippen LogP contribution in [0.2, 0.25) is 0 Å². The molecule has 0 aliphatic rings. The lowest BCUT2D eigenvalue weighted by atomic mass is 10.1. The first-order valence-corrected chi connectivity index (χ1v) is 6.91. The summed E-state index contributed by atoms with van der Waals surface area (Å²) in [4.78, 5) is 0.128. The van der Waals surface area contributed by atoms with Crippen LogP contribution in [-0.4, -0.2) is 37.9 Å². The fourth-order valence-corrected chi connectivity index (χ4v) is 3.49. The second kappa shape index (κ2) is 5.66. The second-order valence-electron chi connectivity index (χ2n) is 4.17. The monoisotopic (exact) mass is 274 g/mol. The van der Waals surface area contributed by atoms with Gasteiger partial charge >= 0.3 is 0 Å². The molecule has 102 valence electrons. The number of aliphatic hydroxyl groups excluding tert-OH is 2. The fourth-order valence-electron chi connectivity index (χ4n) is 1.82. The molecule has 0 saturated heterocycles. The lowest BCUT2D eigenvalue weighted by Crippen LogP contribution is -2.40. The van der Waals surface area contributed by atoms with Crippen LogP contribution < -0.4 is 10.5 Å². The third-order valence-corrected chi connectivity index (χ3v) is 4.34. The average molecular weight is 274 g/mol. The average Bonchev–Trinajstić information content (AvgIpc) is 2.23. The van der Waals surface area contributed by atoms with E-state index in [1.807, 2.05) is 0 Å². The number of rotatable bonds is 5. The summed E-state index contributed by atoms with van der Waals surface area (Å²) >= 11 is 0. The number of aliphatic hydroxyl groups is 2. The van der Waals surface area contributed by atoms with Crippen molar-refractivity contribution in [3.8, 4) is 0 Å². The summed E-state index contributed by atoms with van der Waals surface area (Å²) < 4.78 is 26.5. The molecule has 1 rings (SSSR count). The lowest BCUT2D eigenvalue weighted by Gasteiger charge is -2.17. The predicted octanol–water partition coefficient (Wildman–Crippen LogP) is -0.483. The molecular formula is C11H18N2O4S. The maximum absolute atomic E-state index is 12.1. The number of hydrogen-bond donors (Lipinski definition) is 4. The van der Waals surface area contributed by atoms with Gasteiger partial charge in [0.25, 0.3) is 0 Å². The van der Waals surface area contributed by atoms with Gasteiger partial charge in [0.05, 0.1) is 24.2 Å². The Balaban J connectivity index is 3.21. The molecule has 0 aromatic heterocycles. The SMILES string of the molecule is Cc1cc(N)cc(C)c1S(=O)(=O)NC(CO)CO. The summed E-state index contributed by atoms with van der Waals surface area (Å²) in [6, 6.07) is 2.22. The van der Waals surface area contributed by atoms with E-state index in [0.717, 1.165) is 0 Å². The Kier molecular flexibility index (Phi) is 4.69. The van der Waals surface area contributed by atoms with Crippen LogP contribution in [0.1, 0.15) is 11.1 Å². The number of hydrogen-bond acceptors (Lipinski definition) is 5. The van der Waals surface area contributed by atoms with Gasteiger partial charge in [-0.25, -0.2) is 13.1 Å². The van der Waals surface area contributed by atoms with Gasteiger partial charge in [-0.3, -0.25) is 0 Å². The summed E-state index contributed by atoms with van der Waals surface area (Å²) in [5.41, 5.74) is 7.17. The summed E-state index contributed by atoms with van der Waals surface area (Å²) in [7, 11) is -3.79. The summed E-state index contributed by atoms with van der Waals surface area (Å²) in [5, 5.41) is 17.8. The van der Waals surface area contributed by atoms with Gasteiger partial charge in [0, 0.05) is 5.69 Å². The molecule has 0 unspecified atom stereocenters. The van der Waals surface area contributed by atoms with Crippen LogP contribution in [0, 0.1) is 13.8 Å². The van der Waals surface area contributed by atoms with E-state index in [9.17, 15) is 8.42 Å². The molecule has 0 aliphatic carbocycles. The molecule has 18 heavy (non-hydrogen) atoms. The van der Waals surface area contributed by atoms with Crippen molar-refractivity contribution in [2.24, 2.45) is 0 Å². The first-order chi connectivity index (χ1) is 8.31. The van der Waals surface area contributed by atoms with Crippen molar-refractivity contribution in [1.29, 1.82) is 0 Å². The number of sulfonamides is 1. The third kappa shape index (κ3) is 3.20. The largest absolute Gasteiger partial charge is 0.399 e. The Morgan fingerprint density at radius 2 is 1.67 bits per heavy atom. The molecular weight excluding hydrogens is 256 g/mol. The molecule has 5 N–H and O–H groups in total. The molecule has 0 aliphatic heterocycles. The summed E-state index contributed by atoms with van der Waals surface area (Å²) in [6.45, 7) is 2.35. The molecule has 0 heterocycles. The number of aryl methyl sites for hydroxylation is 2. The maximum Gasteiger partial charge on any atom is 0.241 e. The quantitative estimate of drug-likeness (QED) is 0.542. The summed E-state index contributed by atoms with van der Waals surface area (Å²) in [6.07, 6.45) is 0. The Bertz CT molecular complexity index is 501. The van der Waals surface area contributed by atoms with Crippen LogP contribution in [0.5, 0.6) is 0 Å². The normalized spacial score (nSPS) is 12.1. The molecule has 0 bridgehead atoms. The van der Waals surface area contributed by atoms with Gasteiger partial charge in [-0.05, 0) is 37.1 Å². The van der Waals surface area contributed by atoms with Gasteiger partial charge < -0.3 is 15.9 Å². The van der Waals surface area contributed by atoms with Crippen molar-refractivity contribution in [3.05, 3.63) is 23.3 Å². The zero-order chi connectivity index (χ0) is 13.9. The Morgan fingerprint density at radius 3 is 2.06 bits per heavy atom. The van der Waals surface area contributed by atoms with Crippen LogP contribution in [0.25, 0.3) is 0 Å². The van der Waals surface area contributed by atoms with E-state index in [2.05, 4.69) is 4.72 Å². The number of benzene rings is 1. The van der Waals surface area contributed by atoms with Crippen LogP contribution >= 0.6 is 0 Å². The molecule has 0 atom stereocenters. The van der Waals surface area contributed by atoms with Gasteiger partial charge in [-0.15, -0.1) is 0 Å². The van der Waals surface area contributed by atoms with Crippen LogP contribution in [0.15, 0.2) is 17.0 Å². The molecule has 1 aromatic rings. The minimum Gasteiger partial charge on any atom is -0.399 e. The molecule has 0 amide bonds. The van der Waals surface area contributed by atoms with Gasteiger partial charge in [-0.2, -0.15) is 0 Å². The molecule has 0 fully saturated rings. The van der Waals surface area contributed by atoms with E-state index in [-0.39, 0.29) is 4.90 Å². The third-order valence-electron chi connectivity index (χ3n) is 2.51. The summed E-state index contributed by atoms with van der Waals surface area (Å²) in [5.74, 6) is 0. The Morgan fingerprint density at radius 1 is 1.22 bits per heavy atom. The van der Waals surface area contributed by atoms with Crippen molar-refractivity contribution in [3.63, 3.8) is 0 Å². The van der Waals surface area contributed by atoms with Gasteiger partial charge in [0.1, 0.15) is 0 Å². The highest BCUT2D eigenvalue weighted by Crippen LogP contribution is 2.23. The van der Waals surface area contributed by atoms with Crippen molar-refractivity contribution >= 4 is 15.7 Å². The Hall–Kier alpha value is -1.15. The van der Waals surface area contributed by atoms with Gasteiger partial charge in [0.15, 0.2) is 0 Å². The maximum atomic E-state index is 12.1. The molecule has 0 saturated carbocycles. The van der Waals surface area contributed by atoms with E-state index in [4.69, 9.17) is 15.9 Å². The van der Waals surface area contributed by atoms with Crippen molar-refractivity contribution in [2.45, 2.75) is 24.8 Å². The molecule has 0 radical (unpaired) electrons. The van der Waals surface area contributed by atoms with E-state index in [1.54, 1.807) is 26.0 Å². The number of anilines is 1. The standard InChI is InChI=1S/C11H18N2O4S/c1-7-3-9(12)4-8(2)11(7)18(16,17)13-10(5-14)6-15/h3-4,10,13-15H,5-6,12H2,1-2H3. The number of nitrogens with two attached hydrogens (primary N) is 1. The Labute approximate surface area is 106 Å². The molecule has 7 heteroatoms.